The summed E-state index contributed by atoms with van der Waals surface area (Å²) in [6.45, 7) is 2.08. The van der Waals surface area contributed by atoms with Crippen LogP contribution in [0, 0.1) is 0 Å². The maximum absolute atomic E-state index is 5.19. The van der Waals surface area contributed by atoms with Gasteiger partial charge in [-0.1, -0.05) is 24.3 Å². The number of rotatable bonds is 2. The zero-order valence-electron chi connectivity index (χ0n) is 10.6. The van der Waals surface area contributed by atoms with Crippen LogP contribution in [0.2, 0.25) is 0 Å². The third-order valence-electron chi connectivity index (χ3n) is 3.52. The van der Waals surface area contributed by atoms with Crippen LogP contribution < -0.4 is 10.1 Å². The summed E-state index contributed by atoms with van der Waals surface area (Å²) in [5.74, 6) is 0.901. The van der Waals surface area contributed by atoms with Crippen molar-refractivity contribution in [1.29, 1.82) is 0 Å². The van der Waals surface area contributed by atoms with Gasteiger partial charge in [0.2, 0.25) is 0 Å². The molecule has 92 valence electrons. The molecule has 1 heterocycles. The molecule has 1 aliphatic heterocycles. The van der Waals surface area contributed by atoms with Gasteiger partial charge in [-0.3, -0.25) is 0 Å². The first-order valence-corrected chi connectivity index (χ1v) is 6.34. The van der Waals surface area contributed by atoms with Crippen molar-refractivity contribution in [2.75, 3.05) is 13.7 Å². The Morgan fingerprint density at radius 3 is 2.50 bits per heavy atom. The minimum absolute atomic E-state index is 0.901. The molecule has 2 nitrogen and oxygen atoms in total. The molecule has 0 aromatic heterocycles. The molecule has 1 aliphatic rings. The minimum atomic E-state index is 0.901. The molecule has 0 fully saturated rings. The Hall–Kier alpha value is -1.80. The van der Waals surface area contributed by atoms with Crippen molar-refractivity contribution >= 4 is 0 Å². The molecule has 0 atom stereocenters. The van der Waals surface area contributed by atoms with Gasteiger partial charge in [-0.05, 0) is 53.4 Å². The van der Waals surface area contributed by atoms with E-state index in [-0.39, 0.29) is 0 Å². The first-order chi connectivity index (χ1) is 8.86. The van der Waals surface area contributed by atoms with E-state index in [2.05, 4.69) is 35.6 Å². The van der Waals surface area contributed by atoms with Crippen LogP contribution >= 0.6 is 0 Å². The summed E-state index contributed by atoms with van der Waals surface area (Å²) < 4.78 is 5.19. The van der Waals surface area contributed by atoms with Crippen molar-refractivity contribution < 1.29 is 4.74 Å². The van der Waals surface area contributed by atoms with Crippen LogP contribution in [0.3, 0.4) is 0 Å². The molecule has 3 rings (SSSR count). The number of hydrogen-bond donors (Lipinski definition) is 1. The first kappa shape index (κ1) is 11.3. The quantitative estimate of drug-likeness (QED) is 0.869. The van der Waals surface area contributed by atoms with E-state index in [1.54, 1.807) is 7.11 Å². The predicted octanol–water partition coefficient (Wildman–Crippen LogP) is 3.01. The molecular formula is C16H17NO. The Morgan fingerprint density at radius 1 is 0.944 bits per heavy atom. The van der Waals surface area contributed by atoms with Crippen molar-refractivity contribution in [2.24, 2.45) is 0 Å². The summed E-state index contributed by atoms with van der Waals surface area (Å²) in [5.41, 5.74) is 5.42. The van der Waals surface area contributed by atoms with Crippen molar-refractivity contribution in [3.8, 4) is 16.9 Å². The van der Waals surface area contributed by atoms with Gasteiger partial charge < -0.3 is 10.1 Å². The van der Waals surface area contributed by atoms with Gasteiger partial charge in [0, 0.05) is 6.54 Å². The Morgan fingerprint density at radius 2 is 1.72 bits per heavy atom. The molecule has 0 saturated carbocycles. The zero-order chi connectivity index (χ0) is 12.4. The second-order valence-electron chi connectivity index (χ2n) is 4.64. The average molecular weight is 239 g/mol. The van der Waals surface area contributed by atoms with Crippen LogP contribution in [0.25, 0.3) is 11.1 Å². The summed E-state index contributed by atoms with van der Waals surface area (Å²) in [4.78, 5) is 0. The summed E-state index contributed by atoms with van der Waals surface area (Å²) in [7, 11) is 1.69. The number of methoxy groups -OCH3 is 1. The van der Waals surface area contributed by atoms with Gasteiger partial charge in [0.15, 0.2) is 0 Å². The summed E-state index contributed by atoms with van der Waals surface area (Å²) in [6.07, 6.45) is 1.14. The first-order valence-electron chi connectivity index (χ1n) is 6.34. The van der Waals surface area contributed by atoms with Gasteiger partial charge >= 0.3 is 0 Å². The Kier molecular flexibility index (Phi) is 3.03. The normalized spacial score (nSPS) is 14.1. The van der Waals surface area contributed by atoms with E-state index in [9.17, 15) is 0 Å². The molecule has 1 N–H and O–H groups in total. The van der Waals surface area contributed by atoms with E-state index in [1.165, 1.54) is 22.3 Å². The van der Waals surface area contributed by atoms with E-state index in [0.29, 0.717) is 0 Å². The summed E-state index contributed by atoms with van der Waals surface area (Å²) >= 11 is 0. The molecule has 0 amide bonds. The Labute approximate surface area is 108 Å². The molecule has 0 bridgehead atoms. The largest absolute Gasteiger partial charge is 0.497 e. The monoisotopic (exact) mass is 239 g/mol. The summed E-state index contributed by atoms with van der Waals surface area (Å²) in [6, 6.07) is 15.0. The fourth-order valence-corrected chi connectivity index (χ4v) is 2.44. The molecule has 0 spiro atoms. The van der Waals surface area contributed by atoms with E-state index < -0.39 is 0 Å². The lowest BCUT2D eigenvalue weighted by Gasteiger charge is -2.18. The van der Waals surface area contributed by atoms with Crippen LogP contribution in [0.5, 0.6) is 5.75 Å². The van der Waals surface area contributed by atoms with E-state index >= 15 is 0 Å². The van der Waals surface area contributed by atoms with Crippen LogP contribution in [-0.4, -0.2) is 13.7 Å². The molecule has 18 heavy (non-hydrogen) atoms. The minimum Gasteiger partial charge on any atom is -0.497 e. The lowest BCUT2D eigenvalue weighted by Crippen LogP contribution is -2.23. The molecule has 2 aromatic carbocycles. The highest BCUT2D eigenvalue weighted by Gasteiger charge is 2.09. The Bertz CT molecular complexity index is 546. The Balaban J connectivity index is 1.95. The van der Waals surface area contributed by atoms with Crippen molar-refractivity contribution in [2.45, 2.75) is 13.0 Å². The molecule has 0 radical (unpaired) electrons. The number of hydrogen-bond acceptors (Lipinski definition) is 2. The number of benzene rings is 2. The second-order valence-corrected chi connectivity index (χ2v) is 4.64. The molecule has 2 aromatic rings. The predicted molar refractivity (Wildman–Crippen MR) is 73.8 cm³/mol. The van der Waals surface area contributed by atoms with E-state index in [1.807, 2.05) is 12.1 Å². The highest BCUT2D eigenvalue weighted by molar-refractivity contribution is 5.65. The van der Waals surface area contributed by atoms with Crippen LogP contribution in [-0.2, 0) is 13.0 Å². The molecule has 0 unspecified atom stereocenters. The van der Waals surface area contributed by atoms with E-state index in [4.69, 9.17) is 4.74 Å². The van der Waals surface area contributed by atoms with Gasteiger partial charge in [0.05, 0.1) is 7.11 Å². The second kappa shape index (κ2) is 4.83. The smallest absolute Gasteiger partial charge is 0.118 e. The fraction of sp³-hybridized carbons (Fsp3) is 0.250. The van der Waals surface area contributed by atoms with Gasteiger partial charge in [-0.15, -0.1) is 0 Å². The van der Waals surface area contributed by atoms with Crippen molar-refractivity contribution in [3.63, 3.8) is 0 Å². The SMILES string of the molecule is COc1ccc(-c2ccc3c(c2)CNCC3)cc1. The third kappa shape index (κ3) is 2.12. The van der Waals surface area contributed by atoms with Gasteiger partial charge in [0.1, 0.15) is 5.75 Å². The molecule has 0 aliphatic carbocycles. The third-order valence-corrected chi connectivity index (χ3v) is 3.52. The topological polar surface area (TPSA) is 21.3 Å². The molecule has 2 heteroatoms. The number of nitrogens with one attached hydrogen (secondary N) is 1. The van der Waals surface area contributed by atoms with Crippen molar-refractivity contribution in [3.05, 3.63) is 53.6 Å². The highest BCUT2D eigenvalue weighted by Crippen LogP contribution is 2.25. The average Bonchev–Trinajstić information content (AvgIpc) is 2.47. The summed E-state index contributed by atoms with van der Waals surface area (Å²) in [5, 5.41) is 3.42. The van der Waals surface area contributed by atoms with Gasteiger partial charge in [-0.25, -0.2) is 0 Å². The lowest BCUT2D eigenvalue weighted by molar-refractivity contribution is 0.415. The molecular weight excluding hydrogens is 222 g/mol. The molecule has 0 saturated heterocycles. The van der Waals surface area contributed by atoms with Crippen molar-refractivity contribution in [1.82, 2.24) is 5.32 Å². The maximum atomic E-state index is 5.19. The van der Waals surface area contributed by atoms with Gasteiger partial charge in [-0.2, -0.15) is 0 Å². The number of ether oxygens (including phenoxy) is 1. The van der Waals surface area contributed by atoms with E-state index in [0.717, 1.165) is 25.3 Å². The van der Waals surface area contributed by atoms with Crippen LogP contribution in [0.1, 0.15) is 11.1 Å². The number of fused-ring (bicyclic) bond motifs is 1. The maximum Gasteiger partial charge on any atom is 0.118 e. The fourth-order valence-electron chi connectivity index (χ4n) is 2.44. The van der Waals surface area contributed by atoms with Gasteiger partial charge in [0.25, 0.3) is 0 Å². The zero-order valence-corrected chi connectivity index (χ0v) is 10.6. The standard InChI is InChI=1S/C16H17NO/c1-18-16-6-4-12(5-7-16)14-3-2-13-8-9-17-11-15(13)10-14/h2-7,10,17H,8-9,11H2,1H3. The lowest BCUT2D eigenvalue weighted by atomic mass is 9.95. The highest BCUT2D eigenvalue weighted by atomic mass is 16.5. The van der Waals surface area contributed by atoms with Crippen LogP contribution in [0.15, 0.2) is 42.5 Å². The van der Waals surface area contributed by atoms with Crippen LogP contribution in [0.4, 0.5) is 0 Å².